The first kappa shape index (κ1) is 12.4. The molecule has 2 heterocycles. The van der Waals surface area contributed by atoms with Gasteiger partial charge in [0.25, 0.3) is 0 Å². The number of hydrogen-bond donors (Lipinski definition) is 1. The van der Waals surface area contributed by atoms with E-state index in [-0.39, 0.29) is 12.1 Å². The number of ether oxygens (including phenoxy) is 1. The summed E-state index contributed by atoms with van der Waals surface area (Å²) in [6.45, 7) is 6.83. The lowest BCUT2D eigenvalue weighted by Gasteiger charge is -2.19. The van der Waals surface area contributed by atoms with Gasteiger partial charge in [-0.3, -0.25) is 0 Å². The second kappa shape index (κ2) is 6.07. The molecule has 1 fully saturated rings. The fourth-order valence-corrected chi connectivity index (χ4v) is 2.16. The lowest BCUT2D eigenvalue weighted by Crippen LogP contribution is -2.26. The number of nitrogens with one attached hydrogen (secondary N) is 1. The molecule has 1 saturated heterocycles. The van der Waals surface area contributed by atoms with Crippen LogP contribution in [0.4, 0.5) is 0 Å². The van der Waals surface area contributed by atoms with Crippen LogP contribution < -0.4 is 5.32 Å². The maximum atomic E-state index is 5.68. The maximum absolute atomic E-state index is 5.68. The summed E-state index contributed by atoms with van der Waals surface area (Å²) in [6, 6.07) is 0.214. The third kappa shape index (κ3) is 3.01. The second-order valence-corrected chi connectivity index (χ2v) is 4.51. The molecular weight excluding hydrogens is 218 g/mol. The Labute approximate surface area is 102 Å². The predicted octanol–water partition coefficient (Wildman–Crippen LogP) is 0.913. The summed E-state index contributed by atoms with van der Waals surface area (Å²) in [5.41, 5.74) is 0. The van der Waals surface area contributed by atoms with Crippen LogP contribution in [0.1, 0.15) is 45.0 Å². The topological polar surface area (TPSA) is 64.9 Å². The third-order valence-electron chi connectivity index (χ3n) is 3.16. The molecule has 2 unspecified atom stereocenters. The third-order valence-corrected chi connectivity index (χ3v) is 3.16. The molecule has 96 valence electrons. The molecular formula is C11H21N5O. The first-order valence-electron chi connectivity index (χ1n) is 6.42. The van der Waals surface area contributed by atoms with Gasteiger partial charge in [0, 0.05) is 6.61 Å². The highest BCUT2D eigenvalue weighted by molar-refractivity contribution is 4.86. The molecule has 6 heteroatoms. The minimum atomic E-state index is 0.214. The van der Waals surface area contributed by atoms with Crippen molar-refractivity contribution in [2.24, 2.45) is 0 Å². The van der Waals surface area contributed by atoms with Crippen LogP contribution in [0.25, 0.3) is 0 Å². The van der Waals surface area contributed by atoms with Crippen LogP contribution in [0.3, 0.4) is 0 Å². The van der Waals surface area contributed by atoms with Crippen LogP contribution in [0.2, 0.25) is 0 Å². The summed E-state index contributed by atoms with van der Waals surface area (Å²) < 4.78 is 7.57. The molecule has 0 aromatic carbocycles. The molecule has 0 aliphatic carbocycles. The van der Waals surface area contributed by atoms with Crippen LogP contribution in [-0.2, 0) is 11.3 Å². The van der Waals surface area contributed by atoms with Crippen molar-refractivity contribution in [1.29, 1.82) is 0 Å². The molecule has 2 rings (SSSR count). The Morgan fingerprint density at radius 3 is 3.18 bits per heavy atom. The van der Waals surface area contributed by atoms with Gasteiger partial charge >= 0.3 is 0 Å². The number of hydrogen-bond acceptors (Lipinski definition) is 5. The normalized spacial score (nSPS) is 21.9. The van der Waals surface area contributed by atoms with Crippen LogP contribution in [0.15, 0.2) is 0 Å². The molecule has 1 N–H and O–H groups in total. The first-order chi connectivity index (χ1) is 8.33. The molecule has 0 saturated carbocycles. The van der Waals surface area contributed by atoms with Gasteiger partial charge in [-0.25, -0.2) is 4.68 Å². The summed E-state index contributed by atoms with van der Waals surface area (Å²) in [5.74, 6) is 0.890. The highest BCUT2D eigenvalue weighted by atomic mass is 16.5. The molecule has 0 bridgehead atoms. The Hall–Kier alpha value is -1.01. The Kier molecular flexibility index (Phi) is 4.44. The second-order valence-electron chi connectivity index (χ2n) is 4.51. The average Bonchev–Trinajstić information content (AvgIpc) is 3.00. The van der Waals surface area contributed by atoms with E-state index >= 15 is 0 Å². The molecule has 1 aliphatic rings. The number of tetrazole rings is 1. The quantitative estimate of drug-likeness (QED) is 0.748. The summed E-state index contributed by atoms with van der Waals surface area (Å²) >= 11 is 0. The van der Waals surface area contributed by atoms with Crippen molar-refractivity contribution in [3.05, 3.63) is 5.82 Å². The molecule has 1 aromatic heterocycles. The average molecular weight is 239 g/mol. The smallest absolute Gasteiger partial charge is 0.165 e. The molecule has 17 heavy (non-hydrogen) atoms. The van der Waals surface area contributed by atoms with E-state index in [1.54, 1.807) is 0 Å². The van der Waals surface area contributed by atoms with E-state index in [1.165, 1.54) is 0 Å². The minimum Gasteiger partial charge on any atom is -0.376 e. The van der Waals surface area contributed by atoms with Gasteiger partial charge in [0.2, 0.25) is 0 Å². The number of rotatable bonds is 6. The monoisotopic (exact) mass is 239 g/mol. The van der Waals surface area contributed by atoms with Gasteiger partial charge in [0.05, 0.1) is 18.7 Å². The van der Waals surface area contributed by atoms with Crippen molar-refractivity contribution in [2.45, 2.75) is 51.8 Å². The zero-order valence-electron chi connectivity index (χ0n) is 10.6. The Balaban J connectivity index is 1.96. The summed E-state index contributed by atoms with van der Waals surface area (Å²) in [6.07, 6.45) is 3.61. The van der Waals surface area contributed by atoms with Crippen molar-refractivity contribution in [1.82, 2.24) is 25.5 Å². The lowest BCUT2D eigenvalue weighted by molar-refractivity contribution is 0.0673. The highest BCUT2D eigenvalue weighted by Gasteiger charge is 2.26. The van der Waals surface area contributed by atoms with Gasteiger partial charge in [0.15, 0.2) is 5.82 Å². The fourth-order valence-electron chi connectivity index (χ4n) is 2.16. The van der Waals surface area contributed by atoms with E-state index in [4.69, 9.17) is 4.74 Å². The van der Waals surface area contributed by atoms with Crippen LogP contribution in [0, 0.1) is 0 Å². The van der Waals surface area contributed by atoms with Crippen molar-refractivity contribution in [3.8, 4) is 0 Å². The van der Waals surface area contributed by atoms with Crippen molar-refractivity contribution < 1.29 is 4.74 Å². The van der Waals surface area contributed by atoms with E-state index in [9.17, 15) is 0 Å². The van der Waals surface area contributed by atoms with Crippen LogP contribution in [0.5, 0.6) is 0 Å². The molecule has 0 amide bonds. The van der Waals surface area contributed by atoms with E-state index in [1.807, 2.05) is 4.68 Å². The van der Waals surface area contributed by atoms with Crippen LogP contribution >= 0.6 is 0 Å². The fraction of sp³-hybridized carbons (Fsp3) is 0.909. The van der Waals surface area contributed by atoms with Gasteiger partial charge in [0.1, 0.15) is 0 Å². The predicted molar refractivity (Wildman–Crippen MR) is 63.5 cm³/mol. The van der Waals surface area contributed by atoms with Crippen molar-refractivity contribution >= 4 is 0 Å². The zero-order chi connectivity index (χ0) is 12.1. The molecule has 1 aromatic rings. The highest BCUT2D eigenvalue weighted by Crippen LogP contribution is 2.23. The summed E-state index contributed by atoms with van der Waals surface area (Å²) in [5, 5.41) is 15.2. The molecule has 1 aliphatic heterocycles. The lowest BCUT2D eigenvalue weighted by atomic mass is 10.1. The number of nitrogens with zero attached hydrogens (tertiary/aromatic N) is 4. The Morgan fingerprint density at radius 1 is 1.59 bits per heavy atom. The van der Waals surface area contributed by atoms with Gasteiger partial charge in [-0.1, -0.05) is 6.92 Å². The standard InChI is InChI=1S/C11H21N5O/c1-3-6-12-8-11-13-14-15-16(11)9(2)10-5-4-7-17-10/h9-10,12H,3-8H2,1-2H3. The molecule has 0 radical (unpaired) electrons. The van der Waals surface area contributed by atoms with E-state index in [0.29, 0.717) is 0 Å². The molecule has 6 nitrogen and oxygen atoms in total. The van der Waals surface area contributed by atoms with Gasteiger partial charge in [-0.15, -0.1) is 5.10 Å². The Bertz CT molecular complexity index is 334. The summed E-state index contributed by atoms with van der Waals surface area (Å²) in [4.78, 5) is 0. The van der Waals surface area contributed by atoms with E-state index in [2.05, 4.69) is 34.7 Å². The van der Waals surface area contributed by atoms with Crippen molar-refractivity contribution in [3.63, 3.8) is 0 Å². The Morgan fingerprint density at radius 2 is 2.47 bits per heavy atom. The van der Waals surface area contributed by atoms with Crippen molar-refractivity contribution in [2.75, 3.05) is 13.2 Å². The number of aromatic nitrogens is 4. The molecule has 2 atom stereocenters. The van der Waals surface area contributed by atoms with Crippen LogP contribution in [-0.4, -0.2) is 39.5 Å². The minimum absolute atomic E-state index is 0.214. The van der Waals surface area contributed by atoms with Gasteiger partial charge in [-0.05, 0) is 43.2 Å². The van der Waals surface area contributed by atoms with E-state index < -0.39 is 0 Å². The summed E-state index contributed by atoms with van der Waals surface area (Å²) in [7, 11) is 0. The maximum Gasteiger partial charge on any atom is 0.165 e. The first-order valence-corrected chi connectivity index (χ1v) is 6.42. The van der Waals surface area contributed by atoms with Gasteiger partial charge in [-0.2, -0.15) is 0 Å². The SMILES string of the molecule is CCCNCc1nnnn1C(C)C1CCCO1. The molecule has 0 spiro atoms. The van der Waals surface area contributed by atoms with E-state index in [0.717, 1.165) is 44.8 Å². The van der Waals surface area contributed by atoms with Gasteiger partial charge < -0.3 is 10.1 Å². The zero-order valence-corrected chi connectivity index (χ0v) is 10.6. The largest absolute Gasteiger partial charge is 0.376 e.